The summed E-state index contributed by atoms with van der Waals surface area (Å²) in [5.41, 5.74) is 2.53. The number of allylic oxidation sites excluding steroid dienone is 1. The minimum Gasteiger partial charge on any atom is -0.465 e. The van der Waals surface area contributed by atoms with E-state index in [1.54, 1.807) is 12.1 Å². The van der Waals surface area contributed by atoms with Gasteiger partial charge in [-0.2, -0.15) is 0 Å². The summed E-state index contributed by atoms with van der Waals surface area (Å²) in [6.07, 6.45) is 2.48. The van der Waals surface area contributed by atoms with Crippen molar-refractivity contribution in [1.82, 2.24) is 9.80 Å². The van der Waals surface area contributed by atoms with E-state index in [4.69, 9.17) is 23.7 Å². The third-order valence-electron chi connectivity index (χ3n) is 7.84. The van der Waals surface area contributed by atoms with Crippen molar-refractivity contribution in [2.24, 2.45) is 5.92 Å². The number of benzene rings is 2. The molecule has 3 aliphatic rings. The van der Waals surface area contributed by atoms with Crippen molar-refractivity contribution >= 4 is 11.9 Å². The highest BCUT2D eigenvalue weighted by Gasteiger charge is 2.39. The molecule has 0 saturated carbocycles. The van der Waals surface area contributed by atoms with Gasteiger partial charge in [0.15, 0.2) is 17.3 Å². The van der Waals surface area contributed by atoms with Gasteiger partial charge in [-0.3, -0.25) is 9.69 Å². The second kappa shape index (κ2) is 13.4. The second-order valence-corrected chi connectivity index (χ2v) is 10.4. The number of piperazine rings is 1. The summed E-state index contributed by atoms with van der Waals surface area (Å²) in [7, 11) is 1.35. The number of rotatable bonds is 10. The predicted molar refractivity (Wildman–Crippen MR) is 149 cm³/mol. The summed E-state index contributed by atoms with van der Waals surface area (Å²) in [6, 6.07) is 13.2. The fraction of sp³-hybridized carbons (Fsp3) is 0.484. The molecule has 10 heteroatoms. The fourth-order valence-electron chi connectivity index (χ4n) is 5.66. The number of aliphatic hydroxyl groups excluding tert-OH is 1. The van der Waals surface area contributed by atoms with Crippen LogP contribution >= 0.6 is 0 Å². The minimum absolute atomic E-state index is 0.0510. The van der Waals surface area contributed by atoms with Crippen LogP contribution in [-0.4, -0.2) is 86.4 Å². The van der Waals surface area contributed by atoms with Gasteiger partial charge in [-0.05, 0) is 61.2 Å². The molecule has 1 fully saturated rings. The van der Waals surface area contributed by atoms with Crippen LogP contribution in [0, 0.1) is 5.92 Å². The van der Waals surface area contributed by atoms with E-state index in [0.29, 0.717) is 38.1 Å². The number of nitrogens with zero attached hydrogens (tertiary/aromatic N) is 2. The van der Waals surface area contributed by atoms with Crippen molar-refractivity contribution in [3.8, 4) is 11.5 Å². The summed E-state index contributed by atoms with van der Waals surface area (Å²) in [4.78, 5) is 29.8. The lowest BCUT2D eigenvalue weighted by Gasteiger charge is -2.39. The third-order valence-corrected chi connectivity index (χ3v) is 7.84. The van der Waals surface area contributed by atoms with Crippen LogP contribution in [0.4, 0.5) is 0 Å². The Morgan fingerprint density at radius 2 is 1.78 bits per heavy atom. The maximum absolute atomic E-state index is 13.7. The number of fused-ring (bicyclic) bond motifs is 1. The molecule has 3 aliphatic heterocycles. The summed E-state index contributed by atoms with van der Waals surface area (Å²) >= 11 is 0. The number of hydrogen-bond donors (Lipinski definition) is 1. The summed E-state index contributed by atoms with van der Waals surface area (Å²) < 4.78 is 27.9. The lowest BCUT2D eigenvalue weighted by molar-refractivity contribution is -0.171. The lowest BCUT2D eigenvalue weighted by Crippen LogP contribution is -2.49. The quantitative estimate of drug-likeness (QED) is 0.434. The summed E-state index contributed by atoms with van der Waals surface area (Å²) in [6.45, 7) is 6.02. The molecule has 1 amide bonds. The Bertz CT molecular complexity index is 1240. The smallest absolute Gasteiger partial charge is 0.337 e. The van der Waals surface area contributed by atoms with Crippen molar-refractivity contribution in [3.63, 3.8) is 0 Å². The molecule has 5 rings (SSSR count). The number of methoxy groups -OCH3 is 1. The Morgan fingerprint density at radius 1 is 1.02 bits per heavy atom. The Morgan fingerprint density at radius 3 is 2.49 bits per heavy atom. The minimum atomic E-state index is -0.631. The summed E-state index contributed by atoms with van der Waals surface area (Å²) in [5, 5.41) is 9.54. The van der Waals surface area contributed by atoms with Crippen LogP contribution in [0.15, 0.2) is 54.3 Å². The molecule has 1 saturated heterocycles. The van der Waals surface area contributed by atoms with Gasteiger partial charge in [0.2, 0.25) is 13.1 Å². The molecule has 41 heavy (non-hydrogen) atoms. The molecule has 2 aromatic carbocycles. The highest BCUT2D eigenvalue weighted by molar-refractivity contribution is 5.92. The van der Waals surface area contributed by atoms with Crippen LogP contribution in [0.2, 0.25) is 0 Å². The highest BCUT2D eigenvalue weighted by Crippen LogP contribution is 2.40. The molecule has 3 atom stereocenters. The predicted octanol–water partition coefficient (Wildman–Crippen LogP) is 3.30. The Hall–Kier alpha value is -3.60. The zero-order valence-electron chi connectivity index (χ0n) is 23.6. The number of ether oxygens (including phenoxy) is 5. The van der Waals surface area contributed by atoms with Gasteiger partial charge in [0.25, 0.3) is 5.91 Å². The number of aliphatic hydroxyl groups is 1. The molecule has 1 N–H and O–H groups in total. The topological polar surface area (TPSA) is 107 Å². The third kappa shape index (κ3) is 6.66. The van der Waals surface area contributed by atoms with Crippen molar-refractivity contribution in [1.29, 1.82) is 0 Å². The monoisotopic (exact) mass is 566 g/mol. The molecule has 220 valence electrons. The Kier molecular flexibility index (Phi) is 9.43. The standard InChI is InChI=1S/C31H38N2O8/c1-3-38-31-24(5-4-16-34)25(22-7-9-23(10-8-22)30(36)37-2)18-28(41-31)29(35)33-14-12-32(13-15-33)19-21-6-11-26-27(17-21)40-20-39-26/h6-11,17-18,24-25,31,34H,3-5,12-16,19-20H2,1-2H3/t24-,25-,31-/m1/s1. The van der Waals surface area contributed by atoms with Crippen LogP contribution < -0.4 is 9.47 Å². The first kappa shape index (κ1) is 28.9. The molecular formula is C31H38N2O8. The van der Waals surface area contributed by atoms with Gasteiger partial charge in [-0.25, -0.2) is 4.79 Å². The van der Waals surface area contributed by atoms with E-state index in [1.165, 1.54) is 7.11 Å². The van der Waals surface area contributed by atoms with Crippen molar-refractivity contribution in [2.75, 3.05) is 53.3 Å². The van der Waals surface area contributed by atoms with Crippen LogP contribution in [0.5, 0.6) is 11.5 Å². The van der Waals surface area contributed by atoms with Gasteiger partial charge < -0.3 is 33.7 Å². The van der Waals surface area contributed by atoms with Crippen molar-refractivity contribution in [2.45, 2.75) is 38.5 Å². The number of carbonyl (C=O) groups excluding carboxylic acids is 2. The van der Waals surface area contributed by atoms with Crippen molar-refractivity contribution in [3.05, 3.63) is 71.0 Å². The molecule has 0 aromatic heterocycles. The lowest BCUT2D eigenvalue weighted by atomic mass is 9.80. The fourth-order valence-corrected chi connectivity index (χ4v) is 5.66. The average Bonchev–Trinajstić information content (AvgIpc) is 3.48. The van der Waals surface area contributed by atoms with E-state index in [9.17, 15) is 14.7 Å². The van der Waals surface area contributed by atoms with E-state index in [2.05, 4.69) is 4.90 Å². The van der Waals surface area contributed by atoms with Gasteiger partial charge in [-0.15, -0.1) is 0 Å². The highest BCUT2D eigenvalue weighted by atomic mass is 16.7. The molecule has 10 nitrogen and oxygen atoms in total. The molecule has 0 aliphatic carbocycles. The van der Waals surface area contributed by atoms with Gasteiger partial charge in [0, 0.05) is 57.8 Å². The molecule has 0 radical (unpaired) electrons. The molecule has 2 aromatic rings. The summed E-state index contributed by atoms with van der Waals surface area (Å²) in [5.74, 6) is 0.951. The SMILES string of the molecule is CCO[C@@H]1OC(C(=O)N2CCN(Cc3ccc4c(c3)OCO4)CC2)=C[C@H](c2ccc(C(=O)OC)cc2)[C@H]1CCCO. The zero-order valence-corrected chi connectivity index (χ0v) is 23.6. The normalized spacial score (nSPS) is 22.2. The van der Waals surface area contributed by atoms with Crippen molar-refractivity contribution < 1.29 is 38.4 Å². The van der Waals surface area contributed by atoms with E-state index in [1.807, 2.05) is 48.2 Å². The first-order chi connectivity index (χ1) is 20.0. The van der Waals surface area contributed by atoms with E-state index in [-0.39, 0.29) is 36.9 Å². The van der Waals surface area contributed by atoms with Crippen LogP contribution in [0.1, 0.15) is 47.2 Å². The van der Waals surface area contributed by atoms with Gasteiger partial charge in [0.1, 0.15) is 0 Å². The van der Waals surface area contributed by atoms with Crippen LogP contribution in [-0.2, 0) is 25.5 Å². The number of hydrogen-bond acceptors (Lipinski definition) is 9. The number of amides is 1. The first-order valence-electron chi connectivity index (χ1n) is 14.2. The largest absolute Gasteiger partial charge is 0.465 e. The van der Waals surface area contributed by atoms with E-state index in [0.717, 1.165) is 42.3 Å². The molecular weight excluding hydrogens is 528 g/mol. The first-order valence-corrected chi connectivity index (χ1v) is 14.2. The molecule has 0 bridgehead atoms. The van der Waals surface area contributed by atoms with Gasteiger partial charge in [-0.1, -0.05) is 18.2 Å². The molecule has 0 spiro atoms. The van der Waals surface area contributed by atoms with Gasteiger partial charge in [0.05, 0.1) is 12.7 Å². The van der Waals surface area contributed by atoms with Crippen LogP contribution in [0.3, 0.4) is 0 Å². The molecule has 3 heterocycles. The van der Waals surface area contributed by atoms with E-state index < -0.39 is 12.3 Å². The number of esters is 1. The maximum atomic E-state index is 13.7. The molecule has 0 unspecified atom stereocenters. The Balaban J connectivity index is 1.30. The van der Waals surface area contributed by atoms with E-state index >= 15 is 0 Å². The number of carbonyl (C=O) groups is 2. The second-order valence-electron chi connectivity index (χ2n) is 10.4. The van der Waals surface area contributed by atoms with Crippen LogP contribution in [0.25, 0.3) is 0 Å². The maximum Gasteiger partial charge on any atom is 0.337 e. The zero-order chi connectivity index (χ0) is 28.8. The Labute approximate surface area is 240 Å². The van der Waals surface area contributed by atoms with Gasteiger partial charge >= 0.3 is 5.97 Å². The average molecular weight is 567 g/mol.